The van der Waals surface area contributed by atoms with Crippen molar-refractivity contribution >= 4 is 29.0 Å². The number of amides is 1. The number of hydrogen-bond donors (Lipinski definition) is 2. The largest absolute Gasteiger partial charge is 0.394 e. The third-order valence-electron chi connectivity index (χ3n) is 2.93. The van der Waals surface area contributed by atoms with Crippen molar-refractivity contribution in [1.82, 2.24) is 14.9 Å². The number of carbonyl (C=O) groups excluding carboxylic acids is 1. The summed E-state index contributed by atoms with van der Waals surface area (Å²) in [4.78, 5) is 21.7. The minimum atomic E-state index is -0.378. The predicted molar refractivity (Wildman–Crippen MR) is 70.4 cm³/mol. The van der Waals surface area contributed by atoms with E-state index >= 15 is 0 Å². The maximum Gasteiger partial charge on any atom is 0.244 e. The van der Waals surface area contributed by atoms with Gasteiger partial charge in [-0.25, -0.2) is 4.98 Å². The lowest BCUT2D eigenvalue weighted by Gasteiger charge is -2.21. The third-order valence-corrected chi connectivity index (χ3v) is 3.11. The summed E-state index contributed by atoms with van der Waals surface area (Å²) in [7, 11) is 0. The first-order chi connectivity index (χ1) is 8.58. The van der Waals surface area contributed by atoms with Crippen LogP contribution in [0.4, 0.5) is 11.5 Å². The predicted octanol–water partition coefficient (Wildman–Crippen LogP) is 1.14. The second-order valence-electron chi connectivity index (χ2n) is 4.34. The molecule has 1 aromatic heterocycles. The Morgan fingerprint density at radius 1 is 1.56 bits per heavy atom. The Balaban J connectivity index is 2.03. The number of likely N-dealkylation sites (tertiary alicyclic amines) is 1. The highest BCUT2D eigenvalue weighted by molar-refractivity contribution is 6.28. The molecule has 1 unspecified atom stereocenters. The van der Waals surface area contributed by atoms with Gasteiger partial charge in [-0.15, -0.1) is 0 Å². The van der Waals surface area contributed by atoms with Crippen molar-refractivity contribution in [3.05, 3.63) is 11.5 Å². The molecule has 1 aromatic rings. The molecule has 0 aromatic carbocycles. The first-order valence-corrected chi connectivity index (χ1v) is 6.29. The van der Waals surface area contributed by atoms with Gasteiger partial charge < -0.3 is 16.0 Å². The first kappa shape index (κ1) is 12.9. The first-order valence-electron chi connectivity index (χ1n) is 5.91. The topological polar surface area (TPSA) is 84.1 Å². The Morgan fingerprint density at radius 2 is 2.22 bits per heavy atom. The van der Waals surface area contributed by atoms with Gasteiger partial charge in [-0.3, -0.25) is 4.79 Å². The van der Waals surface area contributed by atoms with Gasteiger partial charge in [-0.2, -0.15) is 4.98 Å². The van der Waals surface area contributed by atoms with Crippen molar-refractivity contribution in [1.29, 1.82) is 0 Å². The van der Waals surface area contributed by atoms with Crippen LogP contribution in [0.1, 0.15) is 19.8 Å². The van der Waals surface area contributed by atoms with Gasteiger partial charge in [0.2, 0.25) is 11.2 Å². The van der Waals surface area contributed by atoms with E-state index in [4.69, 9.17) is 17.3 Å². The van der Waals surface area contributed by atoms with Crippen LogP contribution in [0.2, 0.25) is 5.28 Å². The average molecular weight is 270 g/mol. The van der Waals surface area contributed by atoms with Gasteiger partial charge in [0.15, 0.2) is 5.82 Å². The molecule has 0 aliphatic carbocycles. The second-order valence-corrected chi connectivity index (χ2v) is 4.68. The minimum absolute atomic E-state index is 0.0571. The number of aromatic nitrogens is 2. The molecule has 1 atom stereocenters. The van der Waals surface area contributed by atoms with Gasteiger partial charge in [0.25, 0.3) is 0 Å². The van der Waals surface area contributed by atoms with Crippen LogP contribution in [0.5, 0.6) is 0 Å². The summed E-state index contributed by atoms with van der Waals surface area (Å²) in [6.07, 6.45) is 3.56. The minimum Gasteiger partial charge on any atom is -0.394 e. The van der Waals surface area contributed by atoms with Crippen LogP contribution in [0.15, 0.2) is 6.20 Å². The SMILES string of the molecule is CC(Nc1nc(Cl)ncc1N)C(=O)N1CCCC1. The van der Waals surface area contributed by atoms with Crippen molar-refractivity contribution in [2.45, 2.75) is 25.8 Å². The fourth-order valence-corrected chi connectivity index (χ4v) is 2.10. The average Bonchev–Trinajstić information content (AvgIpc) is 2.86. The number of nitrogens with one attached hydrogen (secondary N) is 1. The Bertz CT molecular complexity index is 447. The highest BCUT2D eigenvalue weighted by Crippen LogP contribution is 2.18. The number of nitrogens with zero attached hydrogens (tertiary/aromatic N) is 3. The van der Waals surface area contributed by atoms with E-state index in [0.717, 1.165) is 25.9 Å². The zero-order valence-corrected chi connectivity index (χ0v) is 10.9. The molecule has 1 amide bonds. The zero-order chi connectivity index (χ0) is 13.1. The van der Waals surface area contributed by atoms with Crippen molar-refractivity contribution in [3.63, 3.8) is 0 Å². The Hall–Kier alpha value is -1.56. The molecule has 1 aliphatic rings. The summed E-state index contributed by atoms with van der Waals surface area (Å²) >= 11 is 5.69. The fraction of sp³-hybridized carbons (Fsp3) is 0.545. The van der Waals surface area contributed by atoms with Gasteiger partial charge >= 0.3 is 0 Å². The standard InChI is InChI=1S/C11H16ClN5O/c1-7(10(18)17-4-2-3-5-17)15-9-8(13)6-14-11(12)16-9/h6-7H,2-5,13H2,1H3,(H,14,15,16). The Kier molecular flexibility index (Phi) is 3.86. The number of hydrogen-bond acceptors (Lipinski definition) is 5. The molecule has 0 bridgehead atoms. The maximum absolute atomic E-state index is 12.1. The molecular formula is C11H16ClN5O. The summed E-state index contributed by atoms with van der Waals surface area (Å²) in [6.45, 7) is 3.44. The number of nitrogens with two attached hydrogens (primary N) is 1. The van der Waals surface area contributed by atoms with Crippen LogP contribution < -0.4 is 11.1 Å². The van der Waals surface area contributed by atoms with Crippen LogP contribution in [-0.4, -0.2) is 39.9 Å². The molecule has 2 heterocycles. The number of halogens is 1. The summed E-state index contributed by atoms with van der Waals surface area (Å²) in [5, 5.41) is 3.08. The maximum atomic E-state index is 12.1. The van der Waals surface area contributed by atoms with E-state index in [1.807, 2.05) is 4.90 Å². The summed E-state index contributed by atoms with van der Waals surface area (Å²) in [5.74, 6) is 0.455. The number of nitrogen functional groups attached to an aromatic ring is 1. The molecule has 0 radical (unpaired) electrons. The Morgan fingerprint density at radius 3 is 2.89 bits per heavy atom. The van der Waals surface area contributed by atoms with Crippen LogP contribution in [0.3, 0.4) is 0 Å². The molecule has 1 aliphatic heterocycles. The molecule has 3 N–H and O–H groups in total. The van der Waals surface area contributed by atoms with Crippen LogP contribution in [-0.2, 0) is 4.79 Å². The molecule has 0 saturated carbocycles. The normalized spacial score (nSPS) is 16.7. The lowest BCUT2D eigenvalue weighted by molar-refractivity contribution is -0.130. The monoisotopic (exact) mass is 269 g/mol. The van der Waals surface area contributed by atoms with Crippen molar-refractivity contribution in [3.8, 4) is 0 Å². The van der Waals surface area contributed by atoms with E-state index in [-0.39, 0.29) is 17.2 Å². The van der Waals surface area contributed by atoms with Crippen LogP contribution >= 0.6 is 11.6 Å². The number of anilines is 2. The fourth-order valence-electron chi connectivity index (χ4n) is 1.96. The highest BCUT2D eigenvalue weighted by atomic mass is 35.5. The third kappa shape index (κ3) is 2.81. The molecule has 0 spiro atoms. The van der Waals surface area contributed by atoms with Crippen LogP contribution in [0, 0.1) is 0 Å². The molecule has 7 heteroatoms. The van der Waals surface area contributed by atoms with E-state index in [1.165, 1.54) is 6.20 Å². The molecule has 1 fully saturated rings. The van der Waals surface area contributed by atoms with E-state index in [2.05, 4.69) is 15.3 Å². The van der Waals surface area contributed by atoms with E-state index in [1.54, 1.807) is 6.92 Å². The number of carbonyl (C=O) groups is 1. The second kappa shape index (κ2) is 5.39. The lowest BCUT2D eigenvalue weighted by Crippen LogP contribution is -2.39. The molecular weight excluding hydrogens is 254 g/mol. The van der Waals surface area contributed by atoms with Crippen LogP contribution in [0.25, 0.3) is 0 Å². The van der Waals surface area contributed by atoms with Gasteiger partial charge in [-0.05, 0) is 31.4 Å². The van der Waals surface area contributed by atoms with Gasteiger partial charge in [0.1, 0.15) is 6.04 Å². The van der Waals surface area contributed by atoms with Crippen molar-refractivity contribution in [2.24, 2.45) is 0 Å². The molecule has 6 nitrogen and oxygen atoms in total. The molecule has 2 rings (SSSR count). The molecule has 18 heavy (non-hydrogen) atoms. The Labute approximate surface area is 111 Å². The summed E-state index contributed by atoms with van der Waals surface area (Å²) in [5.41, 5.74) is 6.10. The van der Waals surface area contributed by atoms with E-state index < -0.39 is 0 Å². The van der Waals surface area contributed by atoms with Crippen molar-refractivity contribution < 1.29 is 4.79 Å². The smallest absolute Gasteiger partial charge is 0.244 e. The van der Waals surface area contributed by atoms with Gasteiger partial charge in [0, 0.05) is 13.1 Å². The summed E-state index contributed by atoms with van der Waals surface area (Å²) < 4.78 is 0. The van der Waals surface area contributed by atoms with Crippen molar-refractivity contribution in [2.75, 3.05) is 24.1 Å². The van der Waals surface area contributed by atoms with E-state index in [0.29, 0.717) is 11.5 Å². The zero-order valence-electron chi connectivity index (χ0n) is 10.2. The summed E-state index contributed by atoms with van der Waals surface area (Å²) in [6, 6.07) is -0.378. The van der Waals surface area contributed by atoms with E-state index in [9.17, 15) is 4.79 Å². The number of rotatable bonds is 3. The highest BCUT2D eigenvalue weighted by Gasteiger charge is 2.23. The van der Waals surface area contributed by atoms with Gasteiger partial charge in [0.05, 0.1) is 11.9 Å². The quantitative estimate of drug-likeness (QED) is 0.804. The molecule has 1 saturated heterocycles. The lowest BCUT2D eigenvalue weighted by atomic mass is 10.3. The molecule has 98 valence electrons. The van der Waals surface area contributed by atoms with Gasteiger partial charge in [-0.1, -0.05) is 0 Å².